The molecule has 0 fully saturated rings. The summed E-state index contributed by atoms with van der Waals surface area (Å²) < 4.78 is 27.0. The van der Waals surface area contributed by atoms with E-state index in [9.17, 15) is 8.42 Å². The van der Waals surface area contributed by atoms with Crippen LogP contribution in [0, 0.1) is 13.8 Å². The fourth-order valence-electron chi connectivity index (χ4n) is 3.75. The molecule has 0 heterocycles. The molecule has 0 aromatic heterocycles. The van der Waals surface area contributed by atoms with E-state index < -0.39 is 9.84 Å². The van der Waals surface area contributed by atoms with E-state index in [4.69, 9.17) is 0 Å². The van der Waals surface area contributed by atoms with Crippen LogP contribution >= 0.6 is 0 Å². The van der Waals surface area contributed by atoms with Gasteiger partial charge in [-0.25, -0.2) is 8.42 Å². The molecule has 0 amide bonds. The molecule has 3 heteroatoms. The lowest BCUT2D eigenvalue weighted by molar-refractivity contribution is 0.596. The van der Waals surface area contributed by atoms with Gasteiger partial charge in [-0.2, -0.15) is 0 Å². The van der Waals surface area contributed by atoms with Crippen LogP contribution in [0.3, 0.4) is 0 Å². The molecule has 4 aromatic rings. The van der Waals surface area contributed by atoms with Gasteiger partial charge in [0.15, 0.2) is 0 Å². The Kier molecular flexibility index (Phi) is 5.56. The van der Waals surface area contributed by atoms with Gasteiger partial charge in [0.25, 0.3) is 0 Å². The molecule has 0 bridgehead atoms. The molecule has 0 atom stereocenters. The van der Waals surface area contributed by atoms with Crippen LogP contribution < -0.4 is 0 Å². The van der Waals surface area contributed by atoms with Crippen LogP contribution in [-0.2, 0) is 16.3 Å². The predicted molar refractivity (Wildman–Crippen MR) is 122 cm³/mol. The molecule has 2 nitrogen and oxygen atoms in total. The molecule has 30 heavy (non-hydrogen) atoms. The van der Waals surface area contributed by atoms with Crippen LogP contribution in [0.2, 0.25) is 0 Å². The number of rotatable bonds is 5. The highest BCUT2D eigenvalue weighted by molar-refractivity contribution is 7.91. The Hall–Kier alpha value is -3.17. The van der Waals surface area contributed by atoms with E-state index >= 15 is 0 Å². The van der Waals surface area contributed by atoms with Crippen molar-refractivity contribution in [1.29, 1.82) is 0 Å². The van der Waals surface area contributed by atoms with Crippen molar-refractivity contribution in [3.63, 3.8) is 0 Å². The van der Waals surface area contributed by atoms with Gasteiger partial charge in [0.1, 0.15) is 0 Å². The second-order valence-corrected chi connectivity index (χ2v) is 9.56. The first-order valence-corrected chi connectivity index (χ1v) is 11.5. The van der Waals surface area contributed by atoms with Crippen LogP contribution in [0.25, 0.3) is 11.1 Å². The molecule has 4 rings (SSSR count). The lowest BCUT2D eigenvalue weighted by Gasteiger charge is -2.16. The van der Waals surface area contributed by atoms with Crippen molar-refractivity contribution in [2.75, 3.05) is 0 Å². The van der Waals surface area contributed by atoms with Gasteiger partial charge in [-0.3, -0.25) is 0 Å². The van der Waals surface area contributed by atoms with Gasteiger partial charge >= 0.3 is 0 Å². The predicted octanol–water partition coefficient (Wildman–Crippen LogP) is 6.39. The Morgan fingerprint density at radius 3 is 1.87 bits per heavy atom. The quantitative estimate of drug-likeness (QED) is 0.380. The fraction of sp³-hybridized carbons (Fsp3) is 0.111. The summed E-state index contributed by atoms with van der Waals surface area (Å²) in [4.78, 5) is 0.667. The van der Waals surface area contributed by atoms with E-state index in [0.29, 0.717) is 9.79 Å². The molecular weight excluding hydrogens is 388 g/mol. The first-order chi connectivity index (χ1) is 14.4. The van der Waals surface area contributed by atoms with Crippen molar-refractivity contribution in [3.05, 3.63) is 119 Å². The zero-order valence-electron chi connectivity index (χ0n) is 17.2. The minimum Gasteiger partial charge on any atom is -0.218 e. The van der Waals surface area contributed by atoms with Crippen molar-refractivity contribution in [3.8, 4) is 11.1 Å². The first-order valence-electron chi connectivity index (χ1n) is 10.00. The van der Waals surface area contributed by atoms with Crippen LogP contribution in [-0.4, -0.2) is 8.42 Å². The van der Waals surface area contributed by atoms with E-state index in [0.717, 1.165) is 34.2 Å². The summed E-state index contributed by atoms with van der Waals surface area (Å²) in [5.41, 5.74) is 6.10. The first kappa shape index (κ1) is 20.1. The van der Waals surface area contributed by atoms with Crippen molar-refractivity contribution in [1.82, 2.24) is 0 Å². The third-order valence-electron chi connectivity index (χ3n) is 5.27. The van der Waals surface area contributed by atoms with Gasteiger partial charge in [0.2, 0.25) is 9.84 Å². The third-order valence-corrected chi connectivity index (χ3v) is 7.08. The zero-order chi connectivity index (χ0) is 21.1. The van der Waals surface area contributed by atoms with Gasteiger partial charge in [-0.15, -0.1) is 0 Å². The average Bonchev–Trinajstić information content (AvgIpc) is 2.75. The summed E-state index contributed by atoms with van der Waals surface area (Å²) in [5.74, 6) is 0. The molecule has 0 saturated carbocycles. The maximum atomic E-state index is 13.5. The Labute approximate surface area is 178 Å². The second-order valence-electron chi connectivity index (χ2n) is 7.64. The lowest BCUT2D eigenvalue weighted by atomic mass is 9.93. The molecular formula is C27H24O2S. The standard InChI is InChI=1S/C27H24O2S/c1-20-13-15-25(23(17-20)19-22-9-5-3-6-10-22)26-16-14-21(2)18-27(26)30(28,29)24-11-7-4-8-12-24/h3-18H,19H2,1-2H3. The SMILES string of the molecule is Cc1ccc(-c2ccc(C)cc2S(=O)(=O)c2ccccc2)c(Cc2ccccc2)c1. The van der Waals surface area contributed by atoms with Gasteiger partial charge < -0.3 is 0 Å². The maximum Gasteiger partial charge on any atom is 0.207 e. The lowest BCUT2D eigenvalue weighted by Crippen LogP contribution is -2.05. The Balaban J connectivity index is 1.91. The van der Waals surface area contributed by atoms with Crippen LogP contribution in [0.15, 0.2) is 107 Å². The van der Waals surface area contributed by atoms with Crippen molar-refractivity contribution in [2.45, 2.75) is 30.1 Å². The summed E-state index contributed by atoms with van der Waals surface area (Å²) >= 11 is 0. The monoisotopic (exact) mass is 412 g/mol. The summed E-state index contributed by atoms with van der Waals surface area (Å²) in [6, 6.07) is 30.9. The molecule has 0 aliphatic rings. The third kappa shape index (κ3) is 4.07. The zero-order valence-corrected chi connectivity index (χ0v) is 18.0. The number of aryl methyl sites for hydroxylation is 2. The molecule has 0 saturated heterocycles. The van der Waals surface area contributed by atoms with E-state index in [1.807, 2.05) is 55.5 Å². The van der Waals surface area contributed by atoms with E-state index in [-0.39, 0.29) is 0 Å². The minimum atomic E-state index is -3.64. The van der Waals surface area contributed by atoms with E-state index in [1.54, 1.807) is 30.3 Å². The molecule has 0 radical (unpaired) electrons. The molecule has 150 valence electrons. The number of hydrogen-bond acceptors (Lipinski definition) is 2. The smallest absolute Gasteiger partial charge is 0.207 e. The number of sulfone groups is 1. The molecule has 4 aromatic carbocycles. The highest BCUT2D eigenvalue weighted by Crippen LogP contribution is 2.35. The molecule has 0 spiro atoms. The normalized spacial score (nSPS) is 11.4. The van der Waals surface area contributed by atoms with Crippen LogP contribution in [0.5, 0.6) is 0 Å². The number of benzene rings is 4. The highest BCUT2D eigenvalue weighted by Gasteiger charge is 2.23. The largest absolute Gasteiger partial charge is 0.218 e. The van der Waals surface area contributed by atoms with Gasteiger partial charge in [0.05, 0.1) is 9.79 Å². The van der Waals surface area contributed by atoms with Gasteiger partial charge in [-0.05, 0) is 60.7 Å². The fourth-order valence-corrected chi connectivity index (χ4v) is 5.33. The summed E-state index contributed by atoms with van der Waals surface area (Å²) in [6.07, 6.45) is 0.747. The van der Waals surface area contributed by atoms with Crippen LogP contribution in [0.1, 0.15) is 22.3 Å². The Morgan fingerprint density at radius 2 is 1.20 bits per heavy atom. The molecule has 0 unspecified atom stereocenters. The Morgan fingerprint density at radius 1 is 0.633 bits per heavy atom. The van der Waals surface area contributed by atoms with Crippen LogP contribution in [0.4, 0.5) is 0 Å². The molecule has 0 aliphatic carbocycles. The molecule has 0 N–H and O–H groups in total. The second kappa shape index (κ2) is 8.29. The highest BCUT2D eigenvalue weighted by atomic mass is 32.2. The maximum absolute atomic E-state index is 13.5. The molecule has 0 aliphatic heterocycles. The summed E-state index contributed by atoms with van der Waals surface area (Å²) in [6.45, 7) is 3.99. The van der Waals surface area contributed by atoms with Gasteiger partial charge in [-0.1, -0.05) is 84.4 Å². The Bertz CT molecular complexity index is 1280. The number of hydrogen-bond donors (Lipinski definition) is 0. The summed E-state index contributed by atoms with van der Waals surface area (Å²) in [5, 5.41) is 0. The topological polar surface area (TPSA) is 34.1 Å². The average molecular weight is 413 g/mol. The minimum absolute atomic E-state index is 0.313. The van der Waals surface area contributed by atoms with Crippen molar-refractivity contribution < 1.29 is 8.42 Å². The van der Waals surface area contributed by atoms with Gasteiger partial charge in [0, 0.05) is 5.56 Å². The van der Waals surface area contributed by atoms with E-state index in [1.165, 1.54) is 5.56 Å². The van der Waals surface area contributed by atoms with Crippen molar-refractivity contribution in [2.24, 2.45) is 0 Å². The van der Waals surface area contributed by atoms with Crippen molar-refractivity contribution >= 4 is 9.84 Å². The van der Waals surface area contributed by atoms with E-state index in [2.05, 4.69) is 25.1 Å². The summed E-state index contributed by atoms with van der Waals surface area (Å²) in [7, 11) is -3.64.